The minimum atomic E-state index is -1.03. The Bertz CT molecular complexity index is 2140. The molecule has 1 atom stereocenters. The number of hydrogen-bond donors (Lipinski definition) is 2. The second-order valence-electron chi connectivity index (χ2n) is 10.4. The van der Waals surface area contributed by atoms with Gasteiger partial charge in [0.25, 0.3) is 11.5 Å². The molecular formula is C35H29N3O6S. The van der Waals surface area contributed by atoms with Gasteiger partial charge in [-0.25, -0.2) is 9.79 Å². The zero-order valence-corrected chi connectivity index (χ0v) is 25.6. The molecule has 6 rings (SSSR count). The highest BCUT2D eigenvalue weighted by Gasteiger charge is 2.32. The molecule has 1 aliphatic rings. The summed E-state index contributed by atoms with van der Waals surface area (Å²) in [6, 6.07) is 24.1. The molecule has 0 unspecified atom stereocenters. The lowest BCUT2D eigenvalue weighted by Gasteiger charge is -2.25. The highest BCUT2D eigenvalue weighted by Crippen LogP contribution is 2.32. The molecule has 226 valence electrons. The minimum Gasteiger partial charge on any atom is -0.494 e. The molecule has 45 heavy (non-hydrogen) atoms. The van der Waals surface area contributed by atoms with Crippen molar-refractivity contribution in [1.29, 1.82) is 0 Å². The number of thiazole rings is 1. The van der Waals surface area contributed by atoms with Crippen molar-refractivity contribution in [2.24, 2.45) is 4.99 Å². The second kappa shape index (κ2) is 12.3. The fourth-order valence-electron chi connectivity index (χ4n) is 5.29. The number of ether oxygens (including phenoxy) is 1. The number of aromatic nitrogens is 1. The van der Waals surface area contributed by atoms with E-state index in [1.165, 1.54) is 11.3 Å². The van der Waals surface area contributed by atoms with Crippen LogP contribution in [0, 0.1) is 6.92 Å². The molecule has 3 aromatic carbocycles. The van der Waals surface area contributed by atoms with Crippen LogP contribution in [0.3, 0.4) is 0 Å². The number of amides is 1. The van der Waals surface area contributed by atoms with E-state index in [1.807, 2.05) is 56.3 Å². The summed E-state index contributed by atoms with van der Waals surface area (Å²) >= 11 is 1.20. The van der Waals surface area contributed by atoms with Crippen LogP contribution < -0.4 is 24.9 Å². The number of furan rings is 1. The van der Waals surface area contributed by atoms with E-state index < -0.39 is 12.0 Å². The van der Waals surface area contributed by atoms with Crippen LogP contribution in [0.15, 0.2) is 110 Å². The number of allylic oxidation sites excluding steroid dienone is 1. The first-order valence-corrected chi connectivity index (χ1v) is 15.1. The van der Waals surface area contributed by atoms with Gasteiger partial charge in [0.1, 0.15) is 17.3 Å². The van der Waals surface area contributed by atoms with Crippen molar-refractivity contribution in [3.8, 4) is 17.1 Å². The Morgan fingerprint density at radius 1 is 1.04 bits per heavy atom. The average Bonchev–Trinajstić information content (AvgIpc) is 3.61. The SMILES string of the molecule is CCOc1ccc([C@@H]2C(C(=O)Nc3ccccc3)=C(C)N=c3s/c(=C\c4ccc(-c5cc(C(=O)O)ccc5C)o4)c(=O)n32)cc1. The first-order valence-electron chi connectivity index (χ1n) is 14.3. The average molecular weight is 620 g/mol. The zero-order chi connectivity index (χ0) is 31.7. The largest absolute Gasteiger partial charge is 0.494 e. The number of rotatable bonds is 8. The third-order valence-electron chi connectivity index (χ3n) is 7.45. The van der Waals surface area contributed by atoms with E-state index >= 15 is 0 Å². The summed E-state index contributed by atoms with van der Waals surface area (Å²) in [4.78, 5) is 44.5. The smallest absolute Gasteiger partial charge is 0.335 e. The number of hydrogen-bond acceptors (Lipinski definition) is 7. The standard InChI is InChI=1S/C35H29N3O6S/c1-4-43-25-14-12-22(13-15-25)31-30(32(39)37-24-8-6-5-7-9-24)21(3)36-35-38(31)33(40)29(45-35)19-26-16-17-28(44-26)27-18-23(34(41)42)11-10-20(27)2/h5-19,31H,4H2,1-3H3,(H,37,39)(H,41,42)/b29-19-/t31-/m1/s1. The molecule has 2 aromatic heterocycles. The van der Waals surface area contributed by atoms with Gasteiger partial charge in [0.15, 0.2) is 4.80 Å². The third kappa shape index (κ3) is 5.87. The predicted octanol–water partition coefficient (Wildman–Crippen LogP) is 5.54. The fourth-order valence-corrected chi connectivity index (χ4v) is 6.31. The van der Waals surface area contributed by atoms with Crippen molar-refractivity contribution >= 4 is 35.0 Å². The Hall–Kier alpha value is -5.48. The van der Waals surface area contributed by atoms with E-state index in [1.54, 1.807) is 60.0 Å². The molecule has 2 N–H and O–H groups in total. The van der Waals surface area contributed by atoms with Crippen LogP contribution in [0.2, 0.25) is 0 Å². The van der Waals surface area contributed by atoms with Gasteiger partial charge in [-0.3, -0.25) is 14.2 Å². The number of carboxylic acid groups (broad SMARTS) is 1. The number of carbonyl (C=O) groups excluding carboxylic acids is 1. The first kappa shape index (κ1) is 29.6. The number of aromatic carboxylic acids is 1. The molecule has 3 heterocycles. The minimum absolute atomic E-state index is 0.152. The molecule has 0 fully saturated rings. The van der Waals surface area contributed by atoms with Gasteiger partial charge in [0, 0.05) is 17.3 Å². The molecular weight excluding hydrogens is 590 g/mol. The summed E-state index contributed by atoms with van der Waals surface area (Å²) in [5.41, 5.74) is 3.55. The van der Waals surface area contributed by atoms with Crippen molar-refractivity contribution in [1.82, 2.24) is 4.57 Å². The summed E-state index contributed by atoms with van der Waals surface area (Å²) < 4.78 is 13.6. The summed E-state index contributed by atoms with van der Waals surface area (Å²) in [6.07, 6.45) is 1.64. The van der Waals surface area contributed by atoms with Crippen molar-refractivity contribution in [3.63, 3.8) is 0 Å². The number of benzene rings is 3. The van der Waals surface area contributed by atoms with Crippen LogP contribution in [-0.2, 0) is 4.79 Å². The van der Waals surface area contributed by atoms with Gasteiger partial charge in [-0.1, -0.05) is 47.7 Å². The summed E-state index contributed by atoms with van der Waals surface area (Å²) in [6.45, 7) is 6.05. The second-order valence-corrected chi connectivity index (χ2v) is 11.4. The monoisotopic (exact) mass is 619 g/mol. The number of nitrogens with zero attached hydrogens (tertiary/aromatic N) is 2. The number of anilines is 1. The van der Waals surface area contributed by atoms with E-state index in [0.717, 1.165) is 11.1 Å². The van der Waals surface area contributed by atoms with E-state index in [4.69, 9.17) is 14.1 Å². The number of para-hydroxylation sites is 1. The Morgan fingerprint density at radius 3 is 2.51 bits per heavy atom. The highest BCUT2D eigenvalue weighted by molar-refractivity contribution is 7.07. The predicted molar refractivity (Wildman–Crippen MR) is 172 cm³/mol. The van der Waals surface area contributed by atoms with Crippen LogP contribution in [0.5, 0.6) is 5.75 Å². The molecule has 1 aliphatic heterocycles. The van der Waals surface area contributed by atoms with Gasteiger partial charge in [0.05, 0.1) is 34.0 Å². The van der Waals surface area contributed by atoms with Crippen molar-refractivity contribution in [2.45, 2.75) is 26.8 Å². The third-order valence-corrected chi connectivity index (χ3v) is 8.44. The first-order chi connectivity index (χ1) is 21.7. The topological polar surface area (TPSA) is 123 Å². The van der Waals surface area contributed by atoms with E-state index in [9.17, 15) is 19.5 Å². The maximum absolute atomic E-state index is 14.1. The molecule has 0 bridgehead atoms. The zero-order valence-electron chi connectivity index (χ0n) is 24.7. The number of nitrogens with one attached hydrogen (secondary N) is 1. The Labute approximate surface area is 262 Å². The van der Waals surface area contributed by atoms with Crippen LogP contribution in [0.4, 0.5) is 5.69 Å². The molecule has 9 nitrogen and oxygen atoms in total. The summed E-state index contributed by atoms with van der Waals surface area (Å²) in [5, 5.41) is 12.4. The Balaban J connectivity index is 1.44. The van der Waals surface area contributed by atoms with Crippen LogP contribution in [0.1, 0.15) is 47.1 Å². The summed E-state index contributed by atoms with van der Waals surface area (Å²) in [7, 11) is 0. The molecule has 0 saturated carbocycles. The van der Waals surface area contributed by atoms with Crippen molar-refractivity contribution in [2.75, 3.05) is 11.9 Å². The normalized spacial score (nSPS) is 14.6. The van der Waals surface area contributed by atoms with Crippen LogP contribution >= 0.6 is 11.3 Å². The van der Waals surface area contributed by atoms with E-state index in [2.05, 4.69) is 5.32 Å². The van der Waals surface area contributed by atoms with Crippen LogP contribution in [-0.4, -0.2) is 28.2 Å². The Morgan fingerprint density at radius 2 is 1.80 bits per heavy atom. The molecule has 0 aliphatic carbocycles. The quantitative estimate of drug-likeness (QED) is 0.235. The lowest BCUT2D eigenvalue weighted by molar-refractivity contribution is -0.113. The van der Waals surface area contributed by atoms with Gasteiger partial charge in [0.2, 0.25) is 0 Å². The van der Waals surface area contributed by atoms with Crippen molar-refractivity contribution in [3.05, 3.63) is 138 Å². The van der Waals surface area contributed by atoms with Crippen LogP contribution in [0.25, 0.3) is 17.4 Å². The van der Waals surface area contributed by atoms with Gasteiger partial charge >= 0.3 is 5.97 Å². The maximum atomic E-state index is 14.1. The van der Waals surface area contributed by atoms with E-state index in [-0.39, 0.29) is 17.0 Å². The van der Waals surface area contributed by atoms with Gasteiger partial charge in [-0.15, -0.1) is 0 Å². The maximum Gasteiger partial charge on any atom is 0.335 e. The lowest BCUT2D eigenvalue weighted by atomic mass is 9.95. The molecule has 1 amide bonds. The van der Waals surface area contributed by atoms with Gasteiger partial charge in [-0.05, 0) is 80.4 Å². The molecule has 0 saturated heterocycles. The van der Waals surface area contributed by atoms with Gasteiger partial charge < -0.3 is 19.6 Å². The fraction of sp³-hybridized carbons (Fsp3) is 0.143. The molecule has 0 radical (unpaired) electrons. The lowest BCUT2D eigenvalue weighted by Crippen LogP contribution is -2.40. The van der Waals surface area contributed by atoms with Gasteiger partial charge in [-0.2, -0.15) is 0 Å². The number of fused-ring (bicyclic) bond motifs is 1. The highest BCUT2D eigenvalue weighted by atomic mass is 32.1. The number of aryl methyl sites for hydroxylation is 1. The van der Waals surface area contributed by atoms with E-state index in [0.29, 0.717) is 55.7 Å². The molecule has 5 aromatic rings. The summed E-state index contributed by atoms with van der Waals surface area (Å²) in [5.74, 6) is 0.203. The molecule has 10 heteroatoms. The number of carbonyl (C=O) groups is 2. The van der Waals surface area contributed by atoms with Crippen molar-refractivity contribution < 1.29 is 23.8 Å². The number of carboxylic acids is 1. The molecule has 0 spiro atoms. The Kier molecular flexibility index (Phi) is 8.06.